The van der Waals surface area contributed by atoms with Gasteiger partial charge in [0.05, 0.1) is 0 Å². The van der Waals surface area contributed by atoms with Crippen molar-refractivity contribution in [3.8, 4) is 5.75 Å². The summed E-state index contributed by atoms with van der Waals surface area (Å²) in [5, 5.41) is 3.46. The van der Waals surface area contributed by atoms with Crippen molar-refractivity contribution >= 4 is 0 Å². The van der Waals surface area contributed by atoms with Gasteiger partial charge in [0.2, 0.25) is 0 Å². The molecule has 2 rings (SSSR count). The summed E-state index contributed by atoms with van der Waals surface area (Å²) >= 11 is 0. The fourth-order valence-electron chi connectivity index (χ4n) is 3.18. The van der Waals surface area contributed by atoms with Crippen molar-refractivity contribution in [2.75, 3.05) is 13.2 Å². The number of benzene rings is 2. The van der Waals surface area contributed by atoms with Crippen molar-refractivity contribution < 1.29 is 4.74 Å². The summed E-state index contributed by atoms with van der Waals surface area (Å²) in [6.07, 6.45) is 1.14. The molecule has 0 fully saturated rings. The van der Waals surface area contributed by atoms with Crippen LogP contribution in [0, 0.1) is 24.7 Å². The summed E-state index contributed by atoms with van der Waals surface area (Å²) in [7, 11) is 0. The van der Waals surface area contributed by atoms with E-state index in [9.17, 15) is 0 Å². The first-order chi connectivity index (χ1) is 12.5. The normalized spacial score (nSPS) is 11.5. The molecule has 0 amide bonds. The van der Waals surface area contributed by atoms with Crippen molar-refractivity contribution in [3.05, 3.63) is 71.1 Å². The molecule has 0 heterocycles. The Morgan fingerprint density at radius 1 is 1.00 bits per heavy atom. The predicted molar refractivity (Wildman–Crippen MR) is 111 cm³/mol. The Morgan fingerprint density at radius 3 is 2.46 bits per heavy atom. The number of rotatable bonds is 10. The topological polar surface area (TPSA) is 21.3 Å². The van der Waals surface area contributed by atoms with E-state index in [1.54, 1.807) is 0 Å². The molecule has 0 aliphatic heterocycles. The van der Waals surface area contributed by atoms with Crippen LogP contribution in [0.25, 0.3) is 0 Å². The molecule has 0 unspecified atom stereocenters. The molecule has 0 aromatic heterocycles. The molecule has 0 atom stereocenters. The zero-order valence-electron chi connectivity index (χ0n) is 17.0. The molecule has 141 valence electrons. The van der Waals surface area contributed by atoms with E-state index in [2.05, 4.69) is 88.5 Å². The molecule has 1 radical (unpaired) electrons. The maximum absolute atomic E-state index is 5.97. The first-order valence-electron chi connectivity index (χ1n) is 9.81. The minimum atomic E-state index is 0.559. The number of hydrogen-bond acceptors (Lipinski definition) is 2. The molecule has 2 aromatic rings. The zero-order chi connectivity index (χ0) is 18.9. The van der Waals surface area contributed by atoms with Gasteiger partial charge in [-0.05, 0) is 54.0 Å². The predicted octanol–water partition coefficient (Wildman–Crippen LogP) is 5.79. The Hall–Kier alpha value is -1.80. The number of nitrogens with one attached hydrogen (secondary N) is 1. The van der Waals surface area contributed by atoms with Crippen LogP contribution >= 0.6 is 0 Å². The highest BCUT2D eigenvalue weighted by atomic mass is 16.5. The van der Waals surface area contributed by atoms with Gasteiger partial charge in [0, 0.05) is 19.0 Å². The first-order valence-corrected chi connectivity index (χ1v) is 9.81. The summed E-state index contributed by atoms with van der Waals surface area (Å²) in [6, 6.07) is 17.1. The van der Waals surface area contributed by atoms with Crippen LogP contribution in [0.1, 0.15) is 50.8 Å². The maximum atomic E-state index is 5.97. The van der Waals surface area contributed by atoms with Crippen molar-refractivity contribution in [2.45, 2.75) is 47.6 Å². The molecular formula is C24H34NO. The van der Waals surface area contributed by atoms with E-state index in [0.717, 1.165) is 25.3 Å². The van der Waals surface area contributed by atoms with Gasteiger partial charge in [0.15, 0.2) is 0 Å². The number of aryl methyl sites for hydroxylation is 1. The second-order valence-corrected chi connectivity index (χ2v) is 7.76. The monoisotopic (exact) mass is 352 g/mol. The standard InChI is InChI=1S/C24H34NO/c1-18(2)15-24(19(3)4)21-11-8-12-23(16-21)26-14-13-25-17-22-10-7-6-9-20(22)5/h6-12,16,18-19,25H,13-15,17H2,1-5H3. The highest BCUT2D eigenvalue weighted by Crippen LogP contribution is 2.31. The first kappa shape index (κ1) is 20.5. The van der Waals surface area contributed by atoms with Crippen LogP contribution in [0.2, 0.25) is 0 Å². The lowest BCUT2D eigenvalue weighted by Gasteiger charge is -2.23. The largest absolute Gasteiger partial charge is 0.492 e. The molecular weight excluding hydrogens is 318 g/mol. The fraction of sp³-hybridized carbons (Fsp3) is 0.458. The second-order valence-electron chi connectivity index (χ2n) is 7.76. The van der Waals surface area contributed by atoms with Gasteiger partial charge in [-0.1, -0.05) is 64.1 Å². The van der Waals surface area contributed by atoms with Gasteiger partial charge in [-0.3, -0.25) is 0 Å². The average Bonchev–Trinajstić information content (AvgIpc) is 2.61. The maximum Gasteiger partial charge on any atom is 0.119 e. The van der Waals surface area contributed by atoms with E-state index in [1.165, 1.54) is 22.6 Å². The van der Waals surface area contributed by atoms with Crippen molar-refractivity contribution in [1.29, 1.82) is 0 Å². The third-order valence-corrected chi connectivity index (χ3v) is 4.65. The molecule has 2 aromatic carbocycles. The smallest absolute Gasteiger partial charge is 0.119 e. The Kier molecular flexibility index (Phi) is 8.18. The highest BCUT2D eigenvalue weighted by Gasteiger charge is 2.18. The van der Waals surface area contributed by atoms with E-state index < -0.39 is 0 Å². The van der Waals surface area contributed by atoms with E-state index in [1.807, 2.05) is 0 Å². The van der Waals surface area contributed by atoms with Crippen molar-refractivity contribution in [2.24, 2.45) is 11.8 Å². The van der Waals surface area contributed by atoms with Gasteiger partial charge in [-0.25, -0.2) is 0 Å². The summed E-state index contributed by atoms with van der Waals surface area (Å²) in [6.45, 7) is 13.7. The van der Waals surface area contributed by atoms with E-state index in [4.69, 9.17) is 4.74 Å². The summed E-state index contributed by atoms with van der Waals surface area (Å²) in [5.41, 5.74) is 3.99. The molecule has 0 aliphatic carbocycles. The quantitative estimate of drug-likeness (QED) is 0.547. The highest BCUT2D eigenvalue weighted by molar-refractivity contribution is 5.38. The summed E-state index contributed by atoms with van der Waals surface area (Å²) < 4.78 is 5.97. The van der Waals surface area contributed by atoms with Gasteiger partial charge in [-0.2, -0.15) is 0 Å². The van der Waals surface area contributed by atoms with Gasteiger partial charge in [0.25, 0.3) is 0 Å². The third kappa shape index (κ3) is 6.49. The zero-order valence-corrected chi connectivity index (χ0v) is 17.0. The van der Waals surface area contributed by atoms with E-state index in [0.29, 0.717) is 18.4 Å². The van der Waals surface area contributed by atoms with Crippen LogP contribution in [-0.2, 0) is 6.54 Å². The fourth-order valence-corrected chi connectivity index (χ4v) is 3.18. The molecule has 2 heteroatoms. The van der Waals surface area contributed by atoms with Crippen LogP contribution in [0.15, 0.2) is 48.5 Å². The average molecular weight is 353 g/mol. The number of hydrogen-bond donors (Lipinski definition) is 1. The van der Waals surface area contributed by atoms with E-state index >= 15 is 0 Å². The van der Waals surface area contributed by atoms with Crippen LogP contribution in [0.3, 0.4) is 0 Å². The third-order valence-electron chi connectivity index (χ3n) is 4.65. The minimum Gasteiger partial charge on any atom is -0.492 e. The molecule has 26 heavy (non-hydrogen) atoms. The van der Waals surface area contributed by atoms with Crippen LogP contribution in [-0.4, -0.2) is 13.2 Å². The Balaban J connectivity index is 1.83. The Bertz CT molecular complexity index is 663. The minimum absolute atomic E-state index is 0.559. The molecule has 0 spiro atoms. The molecule has 1 N–H and O–H groups in total. The van der Waals surface area contributed by atoms with Crippen molar-refractivity contribution in [1.82, 2.24) is 5.32 Å². The van der Waals surface area contributed by atoms with Crippen LogP contribution in [0.5, 0.6) is 5.75 Å². The van der Waals surface area contributed by atoms with Gasteiger partial charge >= 0.3 is 0 Å². The summed E-state index contributed by atoms with van der Waals surface area (Å²) in [5.74, 6) is 3.70. The molecule has 2 nitrogen and oxygen atoms in total. The van der Waals surface area contributed by atoms with Crippen LogP contribution < -0.4 is 10.1 Å². The Labute approximate surface area is 160 Å². The van der Waals surface area contributed by atoms with Gasteiger partial charge in [-0.15, -0.1) is 0 Å². The summed E-state index contributed by atoms with van der Waals surface area (Å²) in [4.78, 5) is 0. The molecule has 0 aliphatic rings. The molecule has 0 bridgehead atoms. The Morgan fingerprint density at radius 2 is 1.77 bits per heavy atom. The van der Waals surface area contributed by atoms with Crippen LogP contribution in [0.4, 0.5) is 0 Å². The lowest BCUT2D eigenvalue weighted by molar-refractivity contribution is 0.313. The second kappa shape index (κ2) is 10.4. The lowest BCUT2D eigenvalue weighted by Crippen LogP contribution is -2.21. The SMILES string of the molecule is Cc1ccccc1CNCCOc1cccc([C](CC(C)C)C(C)C)c1. The van der Waals surface area contributed by atoms with Crippen molar-refractivity contribution in [3.63, 3.8) is 0 Å². The molecule has 0 saturated carbocycles. The van der Waals surface area contributed by atoms with Gasteiger partial charge < -0.3 is 10.1 Å². The number of ether oxygens (including phenoxy) is 1. The van der Waals surface area contributed by atoms with E-state index in [-0.39, 0.29) is 0 Å². The van der Waals surface area contributed by atoms with Gasteiger partial charge in [0.1, 0.15) is 12.4 Å². The molecule has 0 saturated heterocycles. The lowest BCUT2D eigenvalue weighted by atomic mass is 9.82.